The van der Waals surface area contributed by atoms with Crippen molar-refractivity contribution in [2.75, 3.05) is 20.2 Å². The molecule has 0 aliphatic carbocycles. The maximum Gasteiger partial charge on any atom is 0.387 e. The SMILES string of the molecule is COc1cccc(C(=O)N2CC(CN)CC2C)c1OC(F)F. The Morgan fingerprint density at radius 2 is 2.23 bits per heavy atom. The molecule has 1 heterocycles. The van der Waals surface area contributed by atoms with Gasteiger partial charge in [-0.25, -0.2) is 0 Å². The van der Waals surface area contributed by atoms with Crippen LogP contribution in [0.4, 0.5) is 8.78 Å². The number of methoxy groups -OCH3 is 1. The molecule has 122 valence electrons. The van der Waals surface area contributed by atoms with Crippen molar-refractivity contribution in [3.05, 3.63) is 23.8 Å². The molecule has 1 aromatic rings. The van der Waals surface area contributed by atoms with Crippen LogP contribution in [0.2, 0.25) is 0 Å². The Balaban J connectivity index is 2.33. The van der Waals surface area contributed by atoms with E-state index in [0.29, 0.717) is 13.1 Å². The van der Waals surface area contributed by atoms with Crippen molar-refractivity contribution in [2.45, 2.75) is 26.0 Å². The number of nitrogens with two attached hydrogens (primary N) is 1. The summed E-state index contributed by atoms with van der Waals surface area (Å²) in [4.78, 5) is 14.3. The van der Waals surface area contributed by atoms with E-state index in [-0.39, 0.29) is 34.9 Å². The predicted octanol–water partition coefficient (Wildman–Crippen LogP) is 2.11. The fourth-order valence-electron chi connectivity index (χ4n) is 2.81. The summed E-state index contributed by atoms with van der Waals surface area (Å²) in [6.07, 6.45) is 0.803. The van der Waals surface area contributed by atoms with Gasteiger partial charge in [0.25, 0.3) is 5.91 Å². The first-order valence-electron chi connectivity index (χ1n) is 7.10. The molecular weight excluding hydrogens is 294 g/mol. The van der Waals surface area contributed by atoms with Crippen molar-refractivity contribution >= 4 is 5.91 Å². The molecule has 0 bridgehead atoms. The van der Waals surface area contributed by atoms with E-state index in [2.05, 4.69) is 4.74 Å². The first kappa shape index (κ1) is 16.5. The summed E-state index contributed by atoms with van der Waals surface area (Å²) in [7, 11) is 1.34. The number of carbonyl (C=O) groups is 1. The minimum Gasteiger partial charge on any atom is -0.493 e. The highest BCUT2D eigenvalue weighted by Gasteiger charge is 2.34. The summed E-state index contributed by atoms with van der Waals surface area (Å²) >= 11 is 0. The largest absolute Gasteiger partial charge is 0.493 e. The lowest BCUT2D eigenvalue weighted by Crippen LogP contribution is -2.34. The zero-order valence-corrected chi connectivity index (χ0v) is 12.6. The number of hydrogen-bond acceptors (Lipinski definition) is 4. The predicted molar refractivity (Wildman–Crippen MR) is 77.3 cm³/mol. The van der Waals surface area contributed by atoms with Crippen LogP contribution < -0.4 is 15.2 Å². The van der Waals surface area contributed by atoms with Gasteiger partial charge in [0.2, 0.25) is 0 Å². The summed E-state index contributed by atoms with van der Waals surface area (Å²) in [5, 5.41) is 0. The number of rotatable bonds is 5. The number of likely N-dealkylation sites (tertiary alicyclic amines) is 1. The molecule has 1 aliphatic rings. The second-order valence-electron chi connectivity index (χ2n) is 5.36. The van der Waals surface area contributed by atoms with E-state index in [1.807, 2.05) is 6.92 Å². The van der Waals surface area contributed by atoms with Crippen LogP contribution in [0.1, 0.15) is 23.7 Å². The van der Waals surface area contributed by atoms with Crippen molar-refractivity contribution in [1.29, 1.82) is 0 Å². The Labute approximate surface area is 128 Å². The third kappa shape index (κ3) is 3.30. The Hall–Kier alpha value is -1.89. The van der Waals surface area contributed by atoms with Gasteiger partial charge in [-0.3, -0.25) is 4.79 Å². The number of amides is 1. The number of para-hydroxylation sites is 1. The first-order chi connectivity index (χ1) is 10.5. The highest BCUT2D eigenvalue weighted by atomic mass is 19.3. The van der Waals surface area contributed by atoms with Gasteiger partial charge in [0.1, 0.15) is 0 Å². The van der Waals surface area contributed by atoms with E-state index < -0.39 is 6.61 Å². The average Bonchev–Trinajstić information content (AvgIpc) is 2.87. The van der Waals surface area contributed by atoms with Crippen LogP contribution in [0.15, 0.2) is 18.2 Å². The molecule has 22 heavy (non-hydrogen) atoms. The first-order valence-corrected chi connectivity index (χ1v) is 7.10. The van der Waals surface area contributed by atoms with Crippen molar-refractivity contribution in [1.82, 2.24) is 4.90 Å². The lowest BCUT2D eigenvalue weighted by molar-refractivity contribution is -0.0516. The number of carbonyl (C=O) groups excluding carboxylic acids is 1. The lowest BCUT2D eigenvalue weighted by Gasteiger charge is -2.23. The molecule has 0 saturated carbocycles. The van der Waals surface area contributed by atoms with Crippen LogP contribution in [0.3, 0.4) is 0 Å². The average molecular weight is 314 g/mol. The van der Waals surface area contributed by atoms with E-state index in [0.717, 1.165) is 6.42 Å². The van der Waals surface area contributed by atoms with Crippen molar-refractivity contribution in [2.24, 2.45) is 11.7 Å². The molecule has 1 amide bonds. The van der Waals surface area contributed by atoms with Crippen LogP contribution in [0, 0.1) is 5.92 Å². The Kier molecular flexibility index (Phi) is 5.18. The van der Waals surface area contributed by atoms with Crippen LogP contribution in [-0.2, 0) is 0 Å². The summed E-state index contributed by atoms with van der Waals surface area (Å²) in [6, 6.07) is 4.52. The van der Waals surface area contributed by atoms with E-state index in [1.165, 1.54) is 19.2 Å². The maximum absolute atomic E-state index is 12.7. The fourth-order valence-corrected chi connectivity index (χ4v) is 2.81. The zero-order valence-electron chi connectivity index (χ0n) is 12.6. The van der Waals surface area contributed by atoms with E-state index in [1.54, 1.807) is 11.0 Å². The Bertz CT molecular complexity index is 540. The molecule has 1 aliphatic heterocycles. The molecule has 2 N–H and O–H groups in total. The minimum absolute atomic E-state index is 0.00616. The van der Waals surface area contributed by atoms with Gasteiger partial charge in [-0.15, -0.1) is 0 Å². The summed E-state index contributed by atoms with van der Waals surface area (Å²) < 4.78 is 34.8. The van der Waals surface area contributed by atoms with Gasteiger partial charge in [-0.05, 0) is 37.9 Å². The van der Waals surface area contributed by atoms with Crippen molar-refractivity contribution in [3.63, 3.8) is 0 Å². The number of ether oxygens (including phenoxy) is 2. The second kappa shape index (κ2) is 6.91. The number of hydrogen-bond donors (Lipinski definition) is 1. The monoisotopic (exact) mass is 314 g/mol. The highest BCUT2D eigenvalue weighted by Crippen LogP contribution is 2.35. The maximum atomic E-state index is 12.7. The summed E-state index contributed by atoms with van der Waals surface area (Å²) in [5.74, 6) is -0.246. The summed E-state index contributed by atoms with van der Waals surface area (Å²) in [6.45, 7) is -0.105. The van der Waals surface area contributed by atoms with Gasteiger partial charge >= 0.3 is 6.61 Å². The highest BCUT2D eigenvalue weighted by molar-refractivity contribution is 5.98. The molecular formula is C15H20F2N2O3. The van der Waals surface area contributed by atoms with Gasteiger partial charge in [-0.1, -0.05) is 6.07 Å². The van der Waals surface area contributed by atoms with E-state index in [4.69, 9.17) is 10.5 Å². The number of halogens is 2. The van der Waals surface area contributed by atoms with Gasteiger partial charge in [0.15, 0.2) is 11.5 Å². The molecule has 0 aromatic heterocycles. The number of alkyl halides is 2. The normalized spacial score (nSPS) is 21.3. The Morgan fingerprint density at radius 1 is 1.50 bits per heavy atom. The van der Waals surface area contributed by atoms with E-state index >= 15 is 0 Å². The molecule has 1 aromatic carbocycles. The number of nitrogens with zero attached hydrogens (tertiary/aromatic N) is 1. The second-order valence-corrected chi connectivity index (χ2v) is 5.36. The van der Waals surface area contributed by atoms with Gasteiger partial charge in [0, 0.05) is 12.6 Å². The third-order valence-corrected chi connectivity index (χ3v) is 3.89. The van der Waals surface area contributed by atoms with Crippen LogP contribution in [-0.4, -0.2) is 43.7 Å². The van der Waals surface area contributed by atoms with Crippen molar-refractivity contribution < 1.29 is 23.0 Å². The summed E-state index contributed by atoms with van der Waals surface area (Å²) in [5.41, 5.74) is 5.73. The minimum atomic E-state index is -3.03. The zero-order chi connectivity index (χ0) is 16.3. The third-order valence-electron chi connectivity index (χ3n) is 3.89. The molecule has 0 radical (unpaired) electrons. The molecule has 7 heteroatoms. The van der Waals surface area contributed by atoms with Gasteiger partial charge in [-0.2, -0.15) is 8.78 Å². The van der Waals surface area contributed by atoms with Gasteiger partial charge in [0.05, 0.1) is 12.7 Å². The standard InChI is InChI=1S/C15H20F2N2O3/c1-9-6-10(7-18)8-19(9)14(20)11-4-3-5-12(21-2)13(11)22-15(16)17/h3-5,9-10,15H,6-8,18H2,1-2H3. The molecule has 2 rings (SSSR count). The molecule has 1 fully saturated rings. The quantitative estimate of drug-likeness (QED) is 0.904. The van der Waals surface area contributed by atoms with Crippen molar-refractivity contribution in [3.8, 4) is 11.5 Å². The smallest absolute Gasteiger partial charge is 0.387 e. The molecule has 1 saturated heterocycles. The van der Waals surface area contributed by atoms with E-state index in [9.17, 15) is 13.6 Å². The Morgan fingerprint density at radius 3 is 2.77 bits per heavy atom. The molecule has 2 unspecified atom stereocenters. The van der Waals surface area contributed by atoms with Crippen LogP contribution >= 0.6 is 0 Å². The molecule has 0 spiro atoms. The van der Waals surface area contributed by atoms with Gasteiger partial charge < -0.3 is 20.1 Å². The van der Waals surface area contributed by atoms with Crippen LogP contribution in [0.5, 0.6) is 11.5 Å². The topological polar surface area (TPSA) is 64.8 Å². The van der Waals surface area contributed by atoms with Crippen LogP contribution in [0.25, 0.3) is 0 Å². The molecule has 5 nitrogen and oxygen atoms in total. The fraction of sp³-hybridized carbons (Fsp3) is 0.533. The lowest BCUT2D eigenvalue weighted by atomic mass is 10.1. The number of benzene rings is 1. The molecule has 2 atom stereocenters.